The fraction of sp³-hybridized carbons (Fsp3) is 0.500. The monoisotopic (exact) mass is 86.1 g/mol. The van der Waals surface area contributed by atoms with E-state index in [0.29, 0.717) is 0 Å². The third kappa shape index (κ3) is 1.91. The Balaban J connectivity index is 3.26. The van der Waals surface area contributed by atoms with E-state index < -0.39 is 6.10 Å². The summed E-state index contributed by atoms with van der Waals surface area (Å²) in [6, 6.07) is 0. The summed E-state index contributed by atoms with van der Waals surface area (Å²) >= 11 is 0. The van der Waals surface area contributed by atoms with Gasteiger partial charge in [-0.15, -0.1) is 0 Å². The average Bonchev–Trinajstić information content (AvgIpc) is 1.36. The zero-order valence-electron chi connectivity index (χ0n) is 3.73. The molecule has 1 atom stereocenters. The van der Waals surface area contributed by atoms with Gasteiger partial charge in [-0.2, -0.15) is 0 Å². The lowest BCUT2D eigenvalue weighted by Gasteiger charge is -1.94. The maximum Gasteiger partial charge on any atom is 0.0886 e. The molecule has 0 aromatic heterocycles. The first kappa shape index (κ1) is 5.63. The van der Waals surface area contributed by atoms with Crippen molar-refractivity contribution in [2.75, 3.05) is 0 Å². The molecule has 0 aromatic rings. The van der Waals surface area contributed by atoms with Crippen LogP contribution in [0.4, 0.5) is 0 Å². The fourth-order valence-corrected chi connectivity index (χ4v) is 0. The van der Waals surface area contributed by atoms with Gasteiger partial charge in [-0.25, -0.2) is 0 Å². The van der Waals surface area contributed by atoms with Crippen LogP contribution in [0.5, 0.6) is 0 Å². The molecule has 1 unspecified atom stereocenters. The molecule has 0 aliphatic heterocycles. The van der Waals surface area contributed by atoms with E-state index in [1.54, 1.807) is 0 Å². The van der Waals surface area contributed by atoms with Crippen molar-refractivity contribution in [3.8, 4) is 0 Å². The zero-order chi connectivity index (χ0) is 5.15. The van der Waals surface area contributed by atoms with Gasteiger partial charge in [0.05, 0.1) is 6.10 Å². The minimum absolute atomic E-state index is 0.0648. The number of hydrogen-bond donors (Lipinski definition) is 2. The summed E-state index contributed by atoms with van der Waals surface area (Å²) in [6.07, 6.45) is -0.676. The second-order valence-corrected chi connectivity index (χ2v) is 1.20. The molecular weight excluding hydrogens is 78.0 g/mol. The molecule has 2 nitrogen and oxygen atoms in total. The Morgan fingerprint density at radius 1 is 2.00 bits per heavy atom. The molecule has 0 heterocycles. The van der Waals surface area contributed by atoms with E-state index >= 15 is 0 Å². The van der Waals surface area contributed by atoms with Crippen molar-refractivity contribution in [1.29, 1.82) is 5.41 Å². The maximum atomic E-state index is 8.34. The Hall–Kier alpha value is -0.370. The third-order valence-electron chi connectivity index (χ3n) is 0.504. The zero-order valence-corrected chi connectivity index (χ0v) is 3.73. The molecule has 0 aromatic carbocycles. The summed E-state index contributed by atoms with van der Waals surface area (Å²) in [5, 5.41) is 14.9. The van der Waals surface area contributed by atoms with Crippen LogP contribution in [-0.4, -0.2) is 16.9 Å². The minimum Gasteiger partial charge on any atom is -0.387 e. The normalized spacial score (nSPS) is 13.8. The summed E-state index contributed by atoms with van der Waals surface area (Å²) in [6.45, 7) is 4.68. The highest BCUT2D eigenvalue weighted by Gasteiger charge is 1.92. The number of rotatable bonds is 1. The van der Waals surface area contributed by atoms with Crippen molar-refractivity contribution >= 4 is 5.71 Å². The molecule has 1 radical (unpaired) electrons. The smallest absolute Gasteiger partial charge is 0.0886 e. The number of nitrogens with one attached hydrogen (secondary N) is 1. The summed E-state index contributed by atoms with van der Waals surface area (Å²) in [4.78, 5) is 0. The van der Waals surface area contributed by atoms with Crippen LogP contribution in [0, 0.1) is 12.3 Å². The Labute approximate surface area is 37.3 Å². The van der Waals surface area contributed by atoms with Gasteiger partial charge in [0.2, 0.25) is 0 Å². The molecule has 0 aliphatic carbocycles. The van der Waals surface area contributed by atoms with Crippen LogP contribution in [0.15, 0.2) is 0 Å². The van der Waals surface area contributed by atoms with Crippen molar-refractivity contribution < 1.29 is 5.11 Å². The highest BCUT2D eigenvalue weighted by molar-refractivity contribution is 5.88. The summed E-state index contributed by atoms with van der Waals surface area (Å²) in [5.41, 5.74) is 0.0648. The lowest BCUT2D eigenvalue weighted by Crippen LogP contribution is -2.09. The predicted molar refractivity (Wildman–Crippen MR) is 24.8 cm³/mol. The molecule has 0 aliphatic rings. The number of hydrogen-bond acceptors (Lipinski definition) is 2. The van der Waals surface area contributed by atoms with E-state index in [2.05, 4.69) is 6.92 Å². The van der Waals surface area contributed by atoms with Gasteiger partial charge in [0.15, 0.2) is 0 Å². The first-order valence-corrected chi connectivity index (χ1v) is 1.73. The lowest BCUT2D eigenvalue weighted by molar-refractivity contribution is 0.262. The Morgan fingerprint density at radius 2 is 2.17 bits per heavy atom. The van der Waals surface area contributed by atoms with Crippen molar-refractivity contribution in [2.24, 2.45) is 0 Å². The molecule has 0 rings (SSSR count). The van der Waals surface area contributed by atoms with Crippen LogP contribution >= 0.6 is 0 Å². The van der Waals surface area contributed by atoms with Crippen molar-refractivity contribution in [3.05, 3.63) is 6.92 Å². The highest BCUT2D eigenvalue weighted by atomic mass is 16.3. The van der Waals surface area contributed by atoms with Crippen molar-refractivity contribution in [1.82, 2.24) is 0 Å². The van der Waals surface area contributed by atoms with E-state index in [0.717, 1.165) is 0 Å². The highest BCUT2D eigenvalue weighted by Crippen LogP contribution is 1.77. The van der Waals surface area contributed by atoms with Gasteiger partial charge in [-0.3, -0.25) is 0 Å². The molecule has 0 amide bonds. The molecule has 35 valence electrons. The molecule has 0 saturated heterocycles. The minimum atomic E-state index is -0.676. The van der Waals surface area contributed by atoms with Gasteiger partial charge in [0.25, 0.3) is 0 Å². The van der Waals surface area contributed by atoms with E-state index in [1.165, 1.54) is 6.92 Å². The van der Waals surface area contributed by atoms with E-state index in [9.17, 15) is 0 Å². The van der Waals surface area contributed by atoms with Crippen LogP contribution in [-0.2, 0) is 0 Å². The van der Waals surface area contributed by atoms with Crippen molar-refractivity contribution in [2.45, 2.75) is 13.0 Å². The van der Waals surface area contributed by atoms with Gasteiger partial charge in [-0.05, 0) is 13.8 Å². The van der Waals surface area contributed by atoms with E-state index in [-0.39, 0.29) is 5.71 Å². The topological polar surface area (TPSA) is 44.1 Å². The molecule has 0 spiro atoms. The molecule has 0 bridgehead atoms. The summed E-state index contributed by atoms with van der Waals surface area (Å²) in [5.74, 6) is 0. The predicted octanol–water partition coefficient (Wildman–Crippen LogP) is 0.221. The lowest BCUT2D eigenvalue weighted by atomic mass is 10.3. The van der Waals surface area contributed by atoms with Crippen molar-refractivity contribution in [3.63, 3.8) is 0 Å². The molecule has 2 N–H and O–H groups in total. The van der Waals surface area contributed by atoms with Gasteiger partial charge in [0.1, 0.15) is 0 Å². The summed E-state index contributed by atoms with van der Waals surface area (Å²) in [7, 11) is 0. The molecule has 0 fully saturated rings. The van der Waals surface area contributed by atoms with Crippen LogP contribution in [0.2, 0.25) is 0 Å². The number of aliphatic hydroxyl groups is 1. The molecule has 6 heavy (non-hydrogen) atoms. The number of aliphatic hydroxyl groups excluding tert-OH is 1. The fourth-order valence-electron chi connectivity index (χ4n) is 0. The van der Waals surface area contributed by atoms with Gasteiger partial charge in [-0.1, -0.05) is 0 Å². The Morgan fingerprint density at radius 3 is 2.17 bits per heavy atom. The first-order valence-electron chi connectivity index (χ1n) is 1.73. The second-order valence-electron chi connectivity index (χ2n) is 1.20. The standard InChI is InChI=1S/C4H8NO/c1-3(5)4(2)6/h4-6H,1H2,2H3. The largest absolute Gasteiger partial charge is 0.387 e. The van der Waals surface area contributed by atoms with E-state index in [1.807, 2.05) is 0 Å². The Bertz CT molecular complexity index is 58.6. The van der Waals surface area contributed by atoms with Gasteiger partial charge < -0.3 is 10.5 Å². The SMILES string of the molecule is [CH2]C(=N)C(C)O. The van der Waals surface area contributed by atoms with Crippen LogP contribution in [0.3, 0.4) is 0 Å². The quantitative estimate of drug-likeness (QED) is 0.440. The van der Waals surface area contributed by atoms with Crippen LogP contribution in [0.1, 0.15) is 6.92 Å². The van der Waals surface area contributed by atoms with Gasteiger partial charge >= 0.3 is 0 Å². The van der Waals surface area contributed by atoms with Gasteiger partial charge in [0, 0.05) is 5.71 Å². The molecule has 2 heteroatoms. The van der Waals surface area contributed by atoms with Crippen LogP contribution in [0.25, 0.3) is 0 Å². The third-order valence-corrected chi connectivity index (χ3v) is 0.504. The first-order chi connectivity index (χ1) is 2.64. The van der Waals surface area contributed by atoms with Crippen LogP contribution < -0.4 is 0 Å². The average molecular weight is 86.1 g/mol. The van der Waals surface area contributed by atoms with E-state index in [4.69, 9.17) is 10.5 Å². The second kappa shape index (κ2) is 1.92. The molecular formula is C4H8NO. The maximum absolute atomic E-state index is 8.34. The molecule has 0 saturated carbocycles. The Kier molecular flexibility index (Phi) is 1.81. The summed E-state index contributed by atoms with van der Waals surface area (Å²) < 4.78 is 0.